The van der Waals surface area contributed by atoms with Gasteiger partial charge in [-0.15, -0.1) is 0 Å². The second-order valence-electron chi connectivity index (χ2n) is 8.25. The maximum Gasteiger partial charge on any atom is 0.170 e. The fourth-order valence-electron chi connectivity index (χ4n) is 4.17. The van der Waals surface area contributed by atoms with Crippen molar-refractivity contribution in [2.45, 2.75) is 31.7 Å². The van der Waals surface area contributed by atoms with Gasteiger partial charge in [-0.1, -0.05) is 11.6 Å². The number of hydrogen-bond donors (Lipinski definition) is 2. The number of pyridine rings is 2. The summed E-state index contributed by atoms with van der Waals surface area (Å²) in [5.41, 5.74) is 3.29. The van der Waals surface area contributed by atoms with Crippen molar-refractivity contribution in [1.29, 1.82) is 0 Å². The standard InChI is InChI=1S/C23H25ClFN4O/c1-29(2)13-14-3-5-16(6-4-14)27-21-9-10-26-20-8-7-19(28-22(20)21)15-11-17(24)23(30)18(25)12-15/h7-8,10-12,14,16,30H,3-6,13H2,1-2H3,(H,26,27). The highest BCUT2D eigenvalue weighted by molar-refractivity contribution is 6.32. The van der Waals surface area contributed by atoms with Crippen LogP contribution in [0.1, 0.15) is 25.7 Å². The summed E-state index contributed by atoms with van der Waals surface area (Å²) in [5.74, 6) is -0.580. The summed E-state index contributed by atoms with van der Waals surface area (Å²) >= 11 is 5.94. The van der Waals surface area contributed by atoms with Crippen molar-refractivity contribution in [2.24, 2.45) is 5.92 Å². The molecule has 0 aliphatic heterocycles. The number of aromatic nitrogens is 2. The molecule has 2 N–H and O–H groups in total. The molecule has 1 fully saturated rings. The summed E-state index contributed by atoms with van der Waals surface area (Å²) in [5, 5.41) is 13.1. The van der Waals surface area contributed by atoms with Gasteiger partial charge in [0.2, 0.25) is 0 Å². The van der Waals surface area contributed by atoms with Gasteiger partial charge in [0, 0.05) is 30.4 Å². The monoisotopic (exact) mass is 427 g/mol. The molecule has 1 aliphatic carbocycles. The van der Waals surface area contributed by atoms with Crippen LogP contribution in [0, 0.1) is 17.8 Å². The van der Waals surface area contributed by atoms with Crippen LogP contribution in [-0.4, -0.2) is 46.7 Å². The third kappa shape index (κ3) is 4.50. The molecule has 1 aromatic carbocycles. The van der Waals surface area contributed by atoms with Crippen molar-refractivity contribution in [1.82, 2.24) is 14.9 Å². The van der Waals surface area contributed by atoms with Gasteiger partial charge in [0.1, 0.15) is 5.52 Å². The van der Waals surface area contributed by atoms with Gasteiger partial charge in [-0.2, -0.15) is 0 Å². The Morgan fingerprint density at radius 1 is 1.23 bits per heavy atom. The number of halogens is 2. The Morgan fingerprint density at radius 2 is 2.00 bits per heavy atom. The highest BCUT2D eigenvalue weighted by Crippen LogP contribution is 2.33. The zero-order valence-corrected chi connectivity index (χ0v) is 17.9. The topological polar surface area (TPSA) is 61.3 Å². The van der Waals surface area contributed by atoms with Crippen LogP contribution in [0.5, 0.6) is 5.75 Å². The molecule has 0 amide bonds. The minimum absolute atomic E-state index is 0.0440. The number of nitrogens with zero attached hydrogens (tertiary/aromatic N) is 3. The molecule has 0 saturated heterocycles. The summed E-state index contributed by atoms with van der Waals surface area (Å²) in [6, 6.07) is 9.91. The summed E-state index contributed by atoms with van der Waals surface area (Å²) in [6.07, 6.45) is 6.26. The van der Waals surface area contributed by atoms with E-state index in [-0.39, 0.29) is 5.02 Å². The van der Waals surface area contributed by atoms with E-state index >= 15 is 0 Å². The molecular formula is C23H25ClFN4O. The number of hydrogen-bond acceptors (Lipinski definition) is 5. The third-order valence-electron chi connectivity index (χ3n) is 5.65. The van der Waals surface area contributed by atoms with Crippen molar-refractivity contribution in [3.8, 4) is 17.0 Å². The fraction of sp³-hybridized carbons (Fsp3) is 0.391. The number of phenols is 1. The second-order valence-corrected chi connectivity index (χ2v) is 8.66. The minimum atomic E-state index is -0.773. The molecular weight excluding hydrogens is 403 g/mol. The molecule has 1 saturated carbocycles. The largest absolute Gasteiger partial charge is 0.504 e. The zero-order chi connectivity index (χ0) is 21.3. The highest BCUT2D eigenvalue weighted by Gasteiger charge is 2.22. The molecule has 7 heteroatoms. The molecule has 2 heterocycles. The molecule has 0 atom stereocenters. The van der Waals surface area contributed by atoms with Gasteiger partial charge in [-0.3, -0.25) is 4.98 Å². The average molecular weight is 428 g/mol. The fourth-order valence-corrected chi connectivity index (χ4v) is 4.38. The summed E-state index contributed by atoms with van der Waals surface area (Å²) in [7, 11) is 4.25. The van der Waals surface area contributed by atoms with Crippen molar-refractivity contribution in [3.05, 3.63) is 47.4 Å². The molecule has 0 unspecified atom stereocenters. The second kappa shape index (κ2) is 8.74. The Morgan fingerprint density at radius 3 is 2.70 bits per heavy atom. The Kier molecular flexibility index (Phi) is 6.06. The first-order valence-electron chi connectivity index (χ1n) is 10.2. The van der Waals surface area contributed by atoms with Crippen LogP contribution >= 0.6 is 11.6 Å². The molecule has 1 radical (unpaired) electrons. The average Bonchev–Trinajstić information content (AvgIpc) is 2.72. The lowest BCUT2D eigenvalue weighted by molar-refractivity contribution is 0.255. The molecule has 4 rings (SSSR count). The number of benzene rings is 1. The number of rotatable bonds is 5. The van der Waals surface area contributed by atoms with E-state index in [0.717, 1.165) is 36.5 Å². The van der Waals surface area contributed by atoms with E-state index in [1.807, 2.05) is 6.07 Å². The predicted molar refractivity (Wildman–Crippen MR) is 118 cm³/mol. The van der Waals surface area contributed by atoms with Gasteiger partial charge in [0.15, 0.2) is 11.6 Å². The van der Waals surface area contributed by atoms with Crippen LogP contribution in [0.3, 0.4) is 0 Å². The number of nitrogens with one attached hydrogen (secondary N) is 1. The summed E-state index contributed by atoms with van der Waals surface area (Å²) < 4.78 is 13.9. The van der Waals surface area contributed by atoms with E-state index in [0.29, 0.717) is 22.8 Å². The van der Waals surface area contributed by atoms with Crippen LogP contribution < -0.4 is 5.32 Å². The van der Waals surface area contributed by atoms with Gasteiger partial charge >= 0.3 is 0 Å². The molecule has 30 heavy (non-hydrogen) atoms. The van der Waals surface area contributed by atoms with Gasteiger partial charge in [-0.05, 0) is 70.0 Å². The molecule has 2 aromatic heterocycles. The number of phenolic OH excluding ortho intramolecular Hbond substituents is 1. The van der Waals surface area contributed by atoms with Crippen LogP contribution in [0.2, 0.25) is 5.02 Å². The van der Waals surface area contributed by atoms with E-state index in [1.54, 1.807) is 12.3 Å². The molecule has 5 nitrogen and oxygen atoms in total. The Labute approximate surface area is 180 Å². The zero-order valence-electron chi connectivity index (χ0n) is 17.1. The van der Waals surface area contributed by atoms with E-state index in [2.05, 4.69) is 35.4 Å². The van der Waals surface area contributed by atoms with Crippen LogP contribution in [0.4, 0.5) is 10.1 Å². The van der Waals surface area contributed by atoms with Crippen LogP contribution in [0.15, 0.2) is 30.5 Å². The van der Waals surface area contributed by atoms with Gasteiger partial charge in [0.05, 0.1) is 21.9 Å². The van der Waals surface area contributed by atoms with Gasteiger partial charge < -0.3 is 15.3 Å². The first kappa shape index (κ1) is 20.8. The van der Waals surface area contributed by atoms with Crippen molar-refractivity contribution < 1.29 is 9.50 Å². The first-order valence-corrected chi connectivity index (χ1v) is 10.6. The SMILES string of the molecule is CN(C)CC1CCC(Nc2[c]cnc3ccc(-c4cc(F)c(O)c(Cl)c4)nc23)CC1. The lowest BCUT2D eigenvalue weighted by Crippen LogP contribution is -2.31. The molecule has 1 aliphatic rings. The molecule has 0 bridgehead atoms. The van der Waals surface area contributed by atoms with Crippen LogP contribution in [0.25, 0.3) is 22.3 Å². The smallest absolute Gasteiger partial charge is 0.170 e. The van der Waals surface area contributed by atoms with Crippen molar-refractivity contribution in [2.75, 3.05) is 26.0 Å². The number of aromatic hydroxyl groups is 1. The number of anilines is 1. The van der Waals surface area contributed by atoms with Crippen molar-refractivity contribution >= 4 is 28.3 Å². The normalized spacial score (nSPS) is 19.4. The lowest BCUT2D eigenvalue weighted by Gasteiger charge is -2.31. The maximum atomic E-state index is 13.9. The quantitative estimate of drug-likeness (QED) is 0.591. The molecule has 3 aromatic rings. The van der Waals surface area contributed by atoms with Gasteiger partial charge in [-0.25, -0.2) is 9.37 Å². The maximum absolute atomic E-state index is 13.9. The Bertz CT molecular complexity index is 1030. The van der Waals surface area contributed by atoms with Crippen LogP contribution in [-0.2, 0) is 0 Å². The molecule has 0 spiro atoms. The van der Waals surface area contributed by atoms with Crippen molar-refractivity contribution in [3.63, 3.8) is 0 Å². The van der Waals surface area contributed by atoms with E-state index < -0.39 is 11.6 Å². The first-order chi connectivity index (χ1) is 14.4. The van der Waals surface area contributed by atoms with Gasteiger partial charge in [0.25, 0.3) is 0 Å². The van der Waals surface area contributed by atoms with E-state index in [4.69, 9.17) is 16.6 Å². The lowest BCUT2D eigenvalue weighted by atomic mass is 9.85. The Balaban J connectivity index is 1.58. The third-order valence-corrected chi connectivity index (χ3v) is 5.94. The highest BCUT2D eigenvalue weighted by atomic mass is 35.5. The van der Waals surface area contributed by atoms with E-state index in [1.165, 1.54) is 25.0 Å². The number of fused-ring (bicyclic) bond motifs is 1. The summed E-state index contributed by atoms with van der Waals surface area (Å²) in [4.78, 5) is 11.3. The molecule has 157 valence electrons. The minimum Gasteiger partial charge on any atom is -0.504 e. The van der Waals surface area contributed by atoms with E-state index in [9.17, 15) is 9.50 Å². The predicted octanol–water partition coefficient (Wildman–Crippen LogP) is 5.13. The Hall–Kier alpha value is -2.44. The summed E-state index contributed by atoms with van der Waals surface area (Å²) in [6.45, 7) is 1.13.